The van der Waals surface area contributed by atoms with Crippen molar-refractivity contribution < 1.29 is 0 Å². The number of rotatable bonds is 2. The Morgan fingerprint density at radius 2 is 2.29 bits per heavy atom. The van der Waals surface area contributed by atoms with Crippen molar-refractivity contribution in [1.29, 1.82) is 0 Å². The summed E-state index contributed by atoms with van der Waals surface area (Å²) in [5.41, 5.74) is 8.93. The molecule has 1 heterocycles. The van der Waals surface area contributed by atoms with E-state index in [1.165, 1.54) is 19.3 Å². The molecule has 2 atom stereocenters. The highest BCUT2D eigenvalue weighted by atomic mass is 15.1. The van der Waals surface area contributed by atoms with E-state index in [-0.39, 0.29) is 0 Å². The fourth-order valence-electron chi connectivity index (χ4n) is 2.69. The quantitative estimate of drug-likeness (QED) is 0.695. The van der Waals surface area contributed by atoms with Gasteiger partial charge in [0.15, 0.2) is 0 Å². The van der Waals surface area contributed by atoms with Crippen LogP contribution in [0.25, 0.3) is 10.9 Å². The second-order valence-electron chi connectivity index (χ2n) is 5.06. The van der Waals surface area contributed by atoms with Crippen LogP contribution in [0, 0.1) is 5.92 Å². The maximum Gasteiger partial charge on any atom is 0.0672 e. The molecule has 3 rings (SSSR count). The smallest absolute Gasteiger partial charge is 0.0672 e. The zero-order chi connectivity index (χ0) is 11.8. The van der Waals surface area contributed by atoms with E-state index in [9.17, 15) is 0 Å². The van der Waals surface area contributed by atoms with E-state index in [0.29, 0.717) is 6.04 Å². The zero-order valence-corrected chi connectivity index (χ0v) is 10.0. The SMILES string of the molecule is CC1CCCC1Nc1cc2[nH]ncc2cc1N. The maximum absolute atomic E-state index is 6.07. The zero-order valence-electron chi connectivity index (χ0n) is 10.0. The second kappa shape index (κ2) is 3.95. The summed E-state index contributed by atoms with van der Waals surface area (Å²) in [4.78, 5) is 0. The number of anilines is 2. The number of fused-ring (bicyclic) bond motifs is 1. The lowest BCUT2D eigenvalue weighted by Crippen LogP contribution is -2.22. The van der Waals surface area contributed by atoms with Gasteiger partial charge in [-0.15, -0.1) is 0 Å². The molecule has 2 aromatic rings. The lowest BCUT2D eigenvalue weighted by molar-refractivity contribution is 0.556. The molecule has 90 valence electrons. The highest BCUT2D eigenvalue weighted by molar-refractivity contribution is 5.88. The molecule has 1 saturated carbocycles. The number of benzene rings is 1. The van der Waals surface area contributed by atoms with Gasteiger partial charge in [-0.25, -0.2) is 0 Å². The van der Waals surface area contributed by atoms with Gasteiger partial charge in [-0.2, -0.15) is 5.10 Å². The number of hydrogen-bond acceptors (Lipinski definition) is 3. The van der Waals surface area contributed by atoms with E-state index in [1.54, 1.807) is 6.20 Å². The van der Waals surface area contributed by atoms with Crippen molar-refractivity contribution in [3.05, 3.63) is 18.3 Å². The van der Waals surface area contributed by atoms with Gasteiger partial charge in [-0.05, 0) is 30.9 Å². The molecule has 2 unspecified atom stereocenters. The van der Waals surface area contributed by atoms with Gasteiger partial charge in [0.1, 0.15) is 0 Å². The first kappa shape index (κ1) is 10.4. The van der Waals surface area contributed by atoms with E-state index in [1.807, 2.05) is 6.07 Å². The van der Waals surface area contributed by atoms with Crippen LogP contribution in [0.3, 0.4) is 0 Å². The predicted molar refractivity (Wildman–Crippen MR) is 70.9 cm³/mol. The van der Waals surface area contributed by atoms with Gasteiger partial charge in [0.25, 0.3) is 0 Å². The van der Waals surface area contributed by atoms with Crippen molar-refractivity contribution >= 4 is 22.3 Å². The van der Waals surface area contributed by atoms with Crippen molar-refractivity contribution in [1.82, 2.24) is 10.2 Å². The molecular formula is C13H18N4. The minimum Gasteiger partial charge on any atom is -0.397 e. The third-order valence-electron chi connectivity index (χ3n) is 3.81. The number of H-pyrrole nitrogens is 1. The molecule has 4 N–H and O–H groups in total. The minimum absolute atomic E-state index is 0.553. The molecule has 0 amide bonds. The van der Waals surface area contributed by atoms with Crippen LogP contribution in [-0.4, -0.2) is 16.2 Å². The molecule has 17 heavy (non-hydrogen) atoms. The number of hydrogen-bond donors (Lipinski definition) is 3. The Morgan fingerprint density at radius 1 is 1.41 bits per heavy atom. The fraction of sp³-hybridized carbons (Fsp3) is 0.462. The van der Waals surface area contributed by atoms with Crippen molar-refractivity contribution in [2.45, 2.75) is 32.2 Å². The number of nitrogen functional groups attached to an aromatic ring is 1. The Balaban J connectivity index is 1.91. The molecule has 0 bridgehead atoms. The molecule has 1 aromatic heterocycles. The molecule has 0 aliphatic heterocycles. The van der Waals surface area contributed by atoms with Crippen LogP contribution >= 0.6 is 0 Å². The van der Waals surface area contributed by atoms with Gasteiger partial charge in [0, 0.05) is 11.4 Å². The summed E-state index contributed by atoms with van der Waals surface area (Å²) in [5, 5.41) is 11.6. The summed E-state index contributed by atoms with van der Waals surface area (Å²) in [6.07, 6.45) is 5.66. The molecule has 0 radical (unpaired) electrons. The number of aromatic nitrogens is 2. The first-order valence-corrected chi connectivity index (χ1v) is 6.23. The highest BCUT2D eigenvalue weighted by Crippen LogP contribution is 2.31. The Morgan fingerprint density at radius 3 is 3.06 bits per heavy atom. The van der Waals surface area contributed by atoms with Crippen LogP contribution < -0.4 is 11.1 Å². The summed E-state index contributed by atoms with van der Waals surface area (Å²) >= 11 is 0. The number of nitrogens with two attached hydrogens (primary N) is 1. The standard InChI is InChI=1S/C13H18N4/c1-8-3-2-4-11(8)16-13-6-12-9(5-10(13)14)7-15-17-12/h5-8,11,16H,2-4,14H2,1H3,(H,15,17). The molecule has 1 aliphatic rings. The molecular weight excluding hydrogens is 212 g/mol. The first-order valence-electron chi connectivity index (χ1n) is 6.23. The Kier molecular flexibility index (Phi) is 2.42. The van der Waals surface area contributed by atoms with Crippen molar-refractivity contribution in [3.63, 3.8) is 0 Å². The van der Waals surface area contributed by atoms with Crippen LogP contribution in [0.1, 0.15) is 26.2 Å². The van der Waals surface area contributed by atoms with Crippen LogP contribution in [0.2, 0.25) is 0 Å². The van der Waals surface area contributed by atoms with Crippen molar-refractivity contribution in [2.24, 2.45) is 5.92 Å². The van der Waals surface area contributed by atoms with Gasteiger partial charge >= 0.3 is 0 Å². The van der Waals surface area contributed by atoms with Crippen molar-refractivity contribution in [2.75, 3.05) is 11.1 Å². The molecule has 4 heteroatoms. The summed E-state index contributed by atoms with van der Waals surface area (Å²) in [5.74, 6) is 0.729. The Hall–Kier alpha value is -1.71. The molecule has 4 nitrogen and oxygen atoms in total. The second-order valence-corrected chi connectivity index (χ2v) is 5.06. The number of aromatic amines is 1. The largest absolute Gasteiger partial charge is 0.397 e. The van der Waals surface area contributed by atoms with Crippen molar-refractivity contribution in [3.8, 4) is 0 Å². The molecule has 1 aromatic carbocycles. The third-order valence-corrected chi connectivity index (χ3v) is 3.81. The first-order chi connectivity index (χ1) is 8.24. The van der Waals surface area contributed by atoms with Crippen LogP contribution in [0.15, 0.2) is 18.3 Å². The summed E-state index contributed by atoms with van der Waals surface area (Å²) in [7, 11) is 0. The van der Waals surface area contributed by atoms with E-state index < -0.39 is 0 Å². The monoisotopic (exact) mass is 230 g/mol. The predicted octanol–water partition coefficient (Wildman–Crippen LogP) is 2.75. The normalized spacial score (nSPS) is 24.3. The maximum atomic E-state index is 6.07. The van der Waals surface area contributed by atoms with E-state index in [4.69, 9.17) is 5.73 Å². The summed E-state index contributed by atoms with van der Waals surface area (Å²) < 4.78 is 0. The third kappa shape index (κ3) is 1.84. The number of nitrogens with one attached hydrogen (secondary N) is 2. The van der Waals surface area contributed by atoms with Gasteiger partial charge < -0.3 is 11.1 Å². The fourth-order valence-corrected chi connectivity index (χ4v) is 2.69. The Bertz CT molecular complexity index is 531. The lowest BCUT2D eigenvalue weighted by atomic mass is 10.1. The summed E-state index contributed by atoms with van der Waals surface area (Å²) in [6.45, 7) is 2.30. The summed E-state index contributed by atoms with van der Waals surface area (Å²) in [6, 6.07) is 4.58. The van der Waals surface area contributed by atoms with E-state index >= 15 is 0 Å². The average Bonchev–Trinajstić information content (AvgIpc) is 2.89. The van der Waals surface area contributed by atoms with Crippen LogP contribution in [-0.2, 0) is 0 Å². The van der Waals surface area contributed by atoms with Crippen LogP contribution in [0.5, 0.6) is 0 Å². The van der Waals surface area contributed by atoms with E-state index in [2.05, 4.69) is 28.5 Å². The topological polar surface area (TPSA) is 66.7 Å². The number of nitrogens with zero attached hydrogens (tertiary/aromatic N) is 1. The van der Waals surface area contributed by atoms with Gasteiger partial charge in [0.05, 0.1) is 23.1 Å². The highest BCUT2D eigenvalue weighted by Gasteiger charge is 2.23. The minimum atomic E-state index is 0.553. The Labute approximate surface area is 101 Å². The van der Waals surface area contributed by atoms with E-state index in [0.717, 1.165) is 28.2 Å². The molecule has 0 saturated heterocycles. The molecule has 1 fully saturated rings. The average molecular weight is 230 g/mol. The van der Waals surface area contributed by atoms with Gasteiger partial charge in [-0.1, -0.05) is 13.3 Å². The van der Waals surface area contributed by atoms with Crippen LogP contribution in [0.4, 0.5) is 11.4 Å². The molecule has 1 aliphatic carbocycles. The molecule has 0 spiro atoms. The lowest BCUT2D eigenvalue weighted by Gasteiger charge is -2.20. The van der Waals surface area contributed by atoms with Gasteiger partial charge in [0.2, 0.25) is 0 Å². The van der Waals surface area contributed by atoms with Gasteiger partial charge in [-0.3, -0.25) is 5.10 Å².